The van der Waals surface area contributed by atoms with Crippen molar-refractivity contribution >= 4 is 10.8 Å². The second-order valence-electron chi connectivity index (χ2n) is 11.8. The van der Waals surface area contributed by atoms with Gasteiger partial charge in [0, 0.05) is 47.2 Å². The molecule has 1 fully saturated rings. The van der Waals surface area contributed by atoms with E-state index in [-0.39, 0.29) is 17.9 Å². The van der Waals surface area contributed by atoms with Gasteiger partial charge in [0.25, 0.3) is 0 Å². The van der Waals surface area contributed by atoms with Crippen LogP contribution in [-0.2, 0) is 29.1 Å². The minimum atomic E-state index is -0.117. The molecule has 1 aliphatic rings. The zero-order valence-corrected chi connectivity index (χ0v) is 27.7. The highest BCUT2D eigenvalue weighted by atomic mass is 16.5. The van der Waals surface area contributed by atoms with Crippen molar-refractivity contribution in [3.63, 3.8) is 0 Å². The number of piperidine rings is 1. The molecule has 1 aliphatic heterocycles. The van der Waals surface area contributed by atoms with Gasteiger partial charge >= 0.3 is 0 Å². The molecule has 0 spiro atoms. The van der Waals surface area contributed by atoms with Crippen molar-refractivity contribution in [2.24, 2.45) is 5.92 Å². The van der Waals surface area contributed by atoms with Gasteiger partial charge in [0.1, 0.15) is 28.8 Å². The van der Waals surface area contributed by atoms with Crippen LogP contribution in [0.4, 0.5) is 0 Å². The number of nitrogens with zero attached hydrogens (tertiary/aromatic N) is 3. The van der Waals surface area contributed by atoms with Crippen LogP contribution in [0, 0.1) is 5.92 Å². The molecule has 2 N–H and O–H groups in total. The summed E-state index contributed by atoms with van der Waals surface area (Å²) in [5, 5.41) is 20.3. The third-order valence-corrected chi connectivity index (χ3v) is 8.83. The van der Waals surface area contributed by atoms with E-state index in [1.807, 2.05) is 66.7 Å². The van der Waals surface area contributed by atoms with Gasteiger partial charge in [0.05, 0.1) is 53.9 Å². The number of aromatic nitrogens is 4. The van der Waals surface area contributed by atoms with Crippen molar-refractivity contribution in [2.75, 3.05) is 47.6 Å². The largest absolute Gasteiger partial charge is 0.496 e. The van der Waals surface area contributed by atoms with Gasteiger partial charge in [-0.2, -0.15) is 0 Å². The van der Waals surface area contributed by atoms with Crippen LogP contribution in [0.15, 0.2) is 78.9 Å². The quantitative estimate of drug-likeness (QED) is 0.132. The van der Waals surface area contributed by atoms with Crippen LogP contribution in [0.3, 0.4) is 0 Å². The minimum absolute atomic E-state index is 0.0853. The van der Waals surface area contributed by atoms with Crippen molar-refractivity contribution in [3.05, 3.63) is 101 Å². The molecule has 0 bridgehead atoms. The Balaban J connectivity index is 1.12. The standard InChI is InChI=1S/C37H43N5O6/c1-43-32-12-7-4-9-26(32)23-46-17-8-18-47-29-15-13-25(14-16-29)36-27(20-35-39-41-42-40-35)21-38-22-34(36)48-24-28-19-33(44-2)30-10-5-6-11-31(30)37(28)45-3/h4-7,9-16,19,27,34,36,38H,8,17-18,20-24H2,1-3H3,(H,39,40,41,42)/t27-,34+,36+/m1/s1. The zero-order valence-electron chi connectivity index (χ0n) is 27.7. The SMILES string of the molecule is COc1ccccc1COCCCOc1ccc([C@H]2[C@H](Cc3nnn[nH]3)CNC[C@@H]2OCc2cc(OC)c3ccccc3c2OC)cc1. The van der Waals surface area contributed by atoms with Crippen LogP contribution in [0.2, 0.25) is 0 Å². The molecule has 3 atom stereocenters. The van der Waals surface area contributed by atoms with E-state index < -0.39 is 0 Å². The molecule has 0 radical (unpaired) electrons. The number of aromatic amines is 1. The number of fused-ring (bicyclic) bond motifs is 1. The lowest BCUT2D eigenvalue weighted by Crippen LogP contribution is -2.47. The smallest absolute Gasteiger partial charge is 0.148 e. The van der Waals surface area contributed by atoms with Gasteiger partial charge in [-0.1, -0.05) is 54.6 Å². The number of hydrogen-bond donors (Lipinski definition) is 2. The number of tetrazole rings is 1. The maximum Gasteiger partial charge on any atom is 0.148 e. The number of nitrogens with one attached hydrogen (secondary N) is 2. The lowest BCUT2D eigenvalue weighted by atomic mass is 9.77. The highest BCUT2D eigenvalue weighted by Gasteiger charge is 2.36. The van der Waals surface area contributed by atoms with Gasteiger partial charge in [-0.15, -0.1) is 5.10 Å². The molecule has 6 rings (SSSR count). The molecule has 0 aliphatic carbocycles. The van der Waals surface area contributed by atoms with E-state index in [0.29, 0.717) is 39.4 Å². The minimum Gasteiger partial charge on any atom is -0.496 e. The maximum absolute atomic E-state index is 6.74. The van der Waals surface area contributed by atoms with Gasteiger partial charge in [-0.25, -0.2) is 5.10 Å². The Kier molecular flexibility index (Phi) is 11.3. The molecule has 4 aromatic carbocycles. The Morgan fingerprint density at radius 3 is 2.33 bits per heavy atom. The fraction of sp³-hybridized carbons (Fsp3) is 0.378. The van der Waals surface area contributed by atoms with E-state index in [0.717, 1.165) is 63.7 Å². The average molecular weight is 654 g/mol. The topological polar surface area (TPSA) is 122 Å². The van der Waals surface area contributed by atoms with Crippen LogP contribution < -0.4 is 24.3 Å². The molecular formula is C37H43N5O6. The summed E-state index contributed by atoms with van der Waals surface area (Å²) in [6, 6.07) is 26.4. The first kappa shape index (κ1) is 33.2. The maximum atomic E-state index is 6.74. The van der Waals surface area contributed by atoms with Crippen molar-refractivity contribution in [2.45, 2.75) is 38.1 Å². The molecule has 1 aromatic heterocycles. The van der Waals surface area contributed by atoms with Crippen LogP contribution in [-0.4, -0.2) is 74.4 Å². The summed E-state index contributed by atoms with van der Waals surface area (Å²) < 4.78 is 35.7. The predicted octanol–water partition coefficient (Wildman–Crippen LogP) is 5.50. The van der Waals surface area contributed by atoms with E-state index in [1.165, 1.54) is 5.56 Å². The van der Waals surface area contributed by atoms with Crippen molar-refractivity contribution in [3.8, 4) is 23.0 Å². The second kappa shape index (κ2) is 16.4. The molecule has 11 heteroatoms. The Labute approximate surface area is 280 Å². The number of hydrogen-bond acceptors (Lipinski definition) is 10. The summed E-state index contributed by atoms with van der Waals surface area (Å²) in [4.78, 5) is 0. The first-order chi connectivity index (χ1) is 23.7. The molecule has 1 saturated heterocycles. The molecular weight excluding hydrogens is 610 g/mol. The zero-order chi connectivity index (χ0) is 33.1. The fourth-order valence-corrected chi connectivity index (χ4v) is 6.56. The highest BCUT2D eigenvalue weighted by Crippen LogP contribution is 2.39. The molecule has 48 heavy (non-hydrogen) atoms. The van der Waals surface area contributed by atoms with Gasteiger partial charge in [0.2, 0.25) is 0 Å². The predicted molar refractivity (Wildman–Crippen MR) is 182 cm³/mol. The van der Waals surface area contributed by atoms with Crippen LogP contribution in [0.5, 0.6) is 23.0 Å². The molecule has 0 saturated carbocycles. The van der Waals surface area contributed by atoms with E-state index in [1.54, 1.807) is 21.3 Å². The normalized spacial score (nSPS) is 17.7. The summed E-state index contributed by atoms with van der Waals surface area (Å²) in [6.45, 7) is 3.54. The van der Waals surface area contributed by atoms with Crippen molar-refractivity contribution in [1.29, 1.82) is 0 Å². The van der Waals surface area contributed by atoms with Crippen molar-refractivity contribution < 1.29 is 28.4 Å². The number of H-pyrrole nitrogens is 1. The van der Waals surface area contributed by atoms with Gasteiger partial charge < -0.3 is 33.7 Å². The summed E-state index contributed by atoms with van der Waals surface area (Å²) in [7, 11) is 5.06. The lowest BCUT2D eigenvalue weighted by molar-refractivity contribution is -0.00689. The third kappa shape index (κ3) is 7.87. The first-order valence-corrected chi connectivity index (χ1v) is 16.3. The van der Waals surface area contributed by atoms with E-state index in [2.05, 4.69) is 38.1 Å². The van der Waals surface area contributed by atoms with Crippen LogP contribution in [0.25, 0.3) is 10.8 Å². The summed E-state index contributed by atoms with van der Waals surface area (Å²) >= 11 is 0. The number of ether oxygens (including phenoxy) is 6. The summed E-state index contributed by atoms with van der Waals surface area (Å²) in [5.41, 5.74) is 3.14. The number of benzene rings is 4. The Hall–Kier alpha value is -4.71. The van der Waals surface area contributed by atoms with Gasteiger partial charge in [0.15, 0.2) is 0 Å². The Morgan fingerprint density at radius 1 is 0.771 bits per heavy atom. The monoisotopic (exact) mass is 653 g/mol. The van der Waals surface area contributed by atoms with Crippen LogP contribution >= 0.6 is 0 Å². The van der Waals surface area contributed by atoms with Gasteiger partial charge in [-0.3, -0.25) is 0 Å². The third-order valence-electron chi connectivity index (χ3n) is 8.83. The number of methoxy groups -OCH3 is 3. The number of rotatable bonds is 16. The molecule has 5 aromatic rings. The van der Waals surface area contributed by atoms with E-state index >= 15 is 0 Å². The van der Waals surface area contributed by atoms with Crippen LogP contribution in [0.1, 0.15) is 34.9 Å². The van der Waals surface area contributed by atoms with Gasteiger partial charge in [-0.05, 0) is 52.7 Å². The lowest BCUT2D eigenvalue weighted by Gasteiger charge is -2.39. The molecule has 252 valence electrons. The van der Waals surface area contributed by atoms with Crippen molar-refractivity contribution in [1.82, 2.24) is 25.9 Å². The molecule has 0 unspecified atom stereocenters. The molecule has 11 nitrogen and oxygen atoms in total. The van der Waals surface area contributed by atoms with E-state index in [9.17, 15) is 0 Å². The summed E-state index contributed by atoms with van der Waals surface area (Å²) in [5.74, 6) is 4.27. The Morgan fingerprint density at radius 2 is 1.56 bits per heavy atom. The fourth-order valence-electron chi connectivity index (χ4n) is 6.56. The molecule has 0 amide bonds. The first-order valence-electron chi connectivity index (χ1n) is 16.3. The second-order valence-corrected chi connectivity index (χ2v) is 11.8. The highest BCUT2D eigenvalue weighted by molar-refractivity contribution is 5.94. The molecule has 2 heterocycles. The average Bonchev–Trinajstić information content (AvgIpc) is 3.65. The summed E-state index contributed by atoms with van der Waals surface area (Å²) in [6.07, 6.45) is 1.34. The number of para-hydroxylation sites is 1. The Bertz CT molecular complexity index is 1730. The van der Waals surface area contributed by atoms with E-state index in [4.69, 9.17) is 28.4 Å².